The highest BCUT2D eigenvalue weighted by Crippen LogP contribution is 2.35. The van der Waals surface area contributed by atoms with Crippen molar-refractivity contribution in [3.8, 4) is 0 Å². The Morgan fingerprint density at radius 3 is 2.10 bits per heavy atom. The molecule has 1 fully saturated rings. The minimum Gasteiger partial charge on any atom is -0.395 e. The molecule has 4 atom stereocenters. The molecule has 0 bridgehead atoms. The highest BCUT2D eigenvalue weighted by Gasteiger charge is 2.39. The van der Waals surface area contributed by atoms with Gasteiger partial charge in [-0.2, -0.15) is 12.6 Å². The predicted octanol–water partition coefficient (Wildman–Crippen LogP) is -0.928. The Morgan fingerprint density at radius 1 is 1.30 bits per heavy atom. The van der Waals surface area contributed by atoms with E-state index in [4.69, 9.17) is 15.3 Å². The fraction of sp³-hybridized carbons (Fsp3) is 1.00. The fourth-order valence-electron chi connectivity index (χ4n) is 0.880. The second kappa shape index (κ2) is 3.32. The summed E-state index contributed by atoms with van der Waals surface area (Å²) in [5, 5.41) is 26.6. The van der Waals surface area contributed by atoms with Crippen molar-refractivity contribution in [2.75, 3.05) is 6.61 Å². The summed E-state index contributed by atoms with van der Waals surface area (Å²) < 4.78 is -0.271. The summed E-state index contributed by atoms with van der Waals surface area (Å²) in [7, 11) is 0. The lowest BCUT2D eigenvalue weighted by molar-refractivity contribution is 0.0293. The van der Waals surface area contributed by atoms with E-state index < -0.39 is 12.2 Å². The van der Waals surface area contributed by atoms with E-state index in [1.165, 1.54) is 11.8 Å². The van der Waals surface area contributed by atoms with Gasteiger partial charge in [0.15, 0.2) is 0 Å². The highest BCUT2D eigenvalue weighted by molar-refractivity contribution is 8.11. The van der Waals surface area contributed by atoms with Crippen molar-refractivity contribution in [3.05, 3.63) is 0 Å². The van der Waals surface area contributed by atoms with Crippen molar-refractivity contribution in [1.82, 2.24) is 0 Å². The molecule has 60 valence electrons. The predicted molar refractivity (Wildman–Crippen MR) is 43.3 cm³/mol. The van der Waals surface area contributed by atoms with Gasteiger partial charge < -0.3 is 15.3 Å². The molecule has 0 aromatic carbocycles. The molecular formula is C5H10O3S2. The molecule has 1 heterocycles. The van der Waals surface area contributed by atoms with Crippen LogP contribution in [0.5, 0.6) is 0 Å². The molecule has 0 aliphatic carbocycles. The van der Waals surface area contributed by atoms with Gasteiger partial charge in [0.2, 0.25) is 0 Å². The molecule has 1 aliphatic heterocycles. The second-order valence-corrected chi connectivity index (χ2v) is 4.52. The fourth-order valence-corrected chi connectivity index (χ4v) is 2.61. The summed E-state index contributed by atoms with van der Waals surface area (Å²) in [5.41, 5.74) is 0. The Morgan fingerprint density at radius 2 is 1.90 bits per heavy atom. The Labute approximate surface area is 68.9 Å². The summed E-state index contributed by atoms with van der Waals surface area (Å²) in [6.45, 7) is -0.111. The van der Waals surface area contributed by atoms with Crippen LogP contribution < -0.4 is 0 Å². The van der Waals surface area contributed by atoms with Crippen molar-refractivity contribution >= 4 is 24.4 Å². The summed E-state index contributed by atoms with van der Waals surface area (Å²) in [5.74, 6) is 0. The van der Waals surface area contributed by atoms with Crippen LogP contribution in [0.4, 0.5) is 0 Å². The third-order valence-electron chi connectivity index (χ3n) is 1.52. The average Bonchev–Trinajstić information content (AvgIpc) is 2.17. The maximum atomic E-state index is 9.15. The van der Waals surface area contributed by atoms with E-state index in [1.807, 2.05) is 0 Å². The summed E-state index contributed by atoms with van der Waals surface area (Å²) in [6, 6.07) is 0. The van der Waals surface area contributed by atoms with E-state index in [9.17, 15) is 0 Å². The first kappa shape index (κ1) is 8.67. The zero-order valence-electron chi connectivity index (χ0n) is 5.21. The molecule has 10 heavy (non-hydrogen) atoms. The van der Waals surface area contributed by atoms with Crippen LogP contribution in [0.15, 0.2) is 0 Å². The number of rotatable bonds is 1. The van der Waals surface area contributed by atoms with Crippen molar-refractivity contribution in [3.63, 3.8) is 0 Å². The highest BCUT2D eigenvalue weighted by atomic mass is 32.2. The minimum absolute atomic E-state index is 0.111. The normalized spacial score (nSPS) is 48.0. The monoisotopic (exact) mass is 182 g/mol. The molecule has 5 heteroatoms. The number of hydrogen-bond donors (Lipinski definition) is 4. The molecule has 0 amide bonds. The molecule has 0 radical (unpaired) electrons. The van der Waals surface area contributed by atoms with Crippen LogP contribution in [0.25, 0.3) is 0 Å². The summed E-state index contributed by atoms with van der Waals surface area (Å²) in [6.07, 6.45) is -1.65. The SMILES string of the molecule is OC[C@H]1SC(S)[C@@H](O)[C@@H]1O. The van der Waals surface area contributed by atoms with E-state index in [-0.39, 0.29) is 16.4 Å². The molecule has 3 nitrogen and oxygen atoms in total. The van der Waals surface area contributed by atoms with Gasteiger partial charge in [0, 0.05) is 0 Å². The van der Waals surface area contributed by atoms with Crippen LogP contribution in [-0.2, 0) is 0 Å². The lowest BCUT2D eigenvalue weighted by Gasteiger charge is -2.11. The number of aliphatic hydroxyl groups is 3. The number of thiol groups is 1. The molecule has 1 rings (SSSR count). The lowest BCUT2D eigenvalue weighted by atomic mass is 10.2. The molecule has 0 saturated carbocycles. The topological polar surface area (TPSA) is 60.7 Å². The van der Waals surface area contributed by atoms with Crippen LogP contribution in [0.1, 0.15) is 0 Å². The van der Waals surface area contributed by atoms with Crippen LogP contribution in [0.3, 0.4) is 0 Å². The van der Waals surface area contributed by atoms with E-state index >= 15 is 0 Å². The van der Waals surface area contributed by atoms with E-state index in [0.29, 0.717) is 0 Å². The standard InChI is InChI=1S/C5H10O3S2/c6-1-2-3(7)4(8)5(9)10-2/h2-9H,1H2/t2-,3-,4+,5?/m1/s1. The van der Waals surface area contributed by atoms with Gasteiger partial charge in [0.05, 0.1) is 22.5 Å². The largest absolute Gasteiger partial charge is 0.395 e. The smallest absolute Gasteiger partial charge is 0.102 e. The van der Waals surface area contributed by atoms with E-state index in [1.54, 1.807) is 0 Å². The Kier molecular flexibility index (Phi) is 2.88. The quantitative estimate of drug-likeness (QED) is 0.396. The van der Waals surface area contributed by atoms with Gasteiger partial charge in [-0.1, -0.05) is 0 Å². The summed E-state index contributed by atoms with van der Waals surface area (Å²) in [4.78, 5) is 0. The molecular weight excluding hydrogens is 172 g/mol. The van der Waals surface area contributed by atoms with E-state index in [2.05, 4.69) is 12.6 Å². The van der Waals surface area contributed by atoms with Gasteiger partial charge in [-0.25, -0.2) is 0 Å². The third-order valence-corrected chi connectivity index (χ3v) is 3.52. The summed E-state index contributed by atoms with van der Waals surface area (Å²) >= 11 is 5.30. The molecule has 1 saturated heterocycles. The Bertz CT molecular complexity index is 121. The number of hydrogen-bond acceptors (Lipinski definition) is 5. The van der Waals surface area contributed by atoms with Crippen molar-refractivity contribution in [1.29, 1.82) is 0 Å². The molecule has 0 aromatic rings. The first-order valence-electron chi connectivity index (χ1n) is 2.97. The van der Waals surface area contributed by atoms with Gasteiger partial charge >= 0.3 is 0 Å². The molecule has 1 unspecified atom stereocenters. The van der Waals surface area contributed by atoms with Gasteiger partial charge in [0.1, 0.15) is 6.10 Å². The number of aliphatic hydroxyl groups excluding tert-OH is 3. The second-order valence-electron chi connectivity index (χ2n) is 2.23. The molecule has 1 aliphatic rings. The Hall–Kier alpha value is 0.580. The van der Waals surface area contributed by atoms with Crippen molar-refractivity contribution < 1.29 is 15.3 Å². The first-order valence-corrected chi connectivity index (χ1v) is 4.43. The van der Waals surface area contributed by atoms with Gasteiger partial charge in [-0.15, -0.1) is 11.8 Å². The maximum absolute atomic E-state index is 9.15. The third kappa shape index (κ3) is 1.43. The minimum atomic E-state index is -0.836. The maximum Gasteiger partial charge on any atom is 0.102 e. The van der Waals surface area contributed by atoms with Gasteiger partial charge in [-0.3, -0.25) is 0 Å². The molecule has 0 spiro atoms. The van der Waals surface area contributed by atoms with Crippen LogP contribution in [0, 0.1) is 0 Å². The van der Waals surface area contributed by atoms with Crippen LogP contribution >= 0.6 is 24.4 Å². The number of thioether (sulfide) groups is 1. The molecule has 3 N–H and O–H groups in total. The zero-order valence-corrected chi connectivity index (χ0v) is 6.92. The van der Waals surface area contributed by atoms with E-state index in [0.717, 1.165) is 0 Å². The average molecular weight is 182 g/mol. The first-order chi connectivity index (χ1) is 4.66. The Balaban J connectivity index is 2.53. The zero-order chi connectivity index (χ0) is 7.72. The molecule has 0 aromatic heterocycles. The van der Waals surface area contributed by atoms with Gasteiger partial charge in [0.25, 0.3) is 0 Å². The van der Waals surface area contributed by atoms with Crippen molar-refractivity contribution in [2.24, 2.45) is 0 Å². The lowest BCUT2D eigenvalue weighted by Crippen LogP contribution is -2.32. The van der Waals surface area contributed by atoms with Crippen LogP contribution in [-0.4, -0.2) is 44.0 Å². The van der Waals surface area contributed by atoms with Gasteiger partial charge in [-0.05, 0) is 0 Å². The van der Waals surface area contributed by atoms with Crippen molar-refractivity contribution in [2.45, 2.75) is 22.0 Å². The van der Waals surface area contributed by atoms with Crippen LogP contribution in [0.2, 0.25) is 0 Å².